The highest BCUT2D eigenvalue weighted by Crippen LogP contribution is 2.29. The first-order valence-corrected chi connectivity index (χ1v) is 6.41. The van der Waals surface area contributed by atoms with Crippen molar-refractivity contribution in [1.29, 1.82) is 0 Å². The van der Waals surface area contributed by atoms with Gasteiger partial charge in [-0.2, -0.15) is 0 Å². The van der Waals surface area contributed by atoms with Gasteiger partial charge >= 0.3 is 12.1 Å². The smallest absolute Gasteiger partial charge is 0.411 e. The van der Waals surface area contributed by atoms with Gasteiger partial charge in [0.2, 0.25) is 0 Å². The van der Waals surface area contributed by atoms with E-state index in [-0.39, 0.29) is 25.6 Å². The third-order valence-electron chi connectivity index (χ3n) is 3.56. The van der Waals surface area contributed by atoms with E-state index in [9.17, 15) is 14.7 Å². The molecule has 1 aromatic rings. The molecule has 1 amide bonds. The van der Waals surface area contributed by atoms with Gasteiger partial charge in [-0.05, 0) is 18.9 Å². The maximum atomic E-state index is 12.1. The standard InChI is InChI=1S/C14H18N2O4/c1-14(12(17)18)7-11(15)8-16(14)13(19)20-9-10-5-3-2-4-6-10/h2-6,11H,7-9,15H2,1H3,(H,17,18)/t11-,14?/m0/s1. The van der Waals surface area contributed by atoms with Crippen molar-refractivity contribution in [2.45, 2.75) is 31.5 Å². The van der Waals surface area contributed by atoms with Gasteiger partial charge in [0.25, 0.3) is 0 Å². The molecule has 1 saturated heterocycles. The molecule has 1 aromatic carbocycles. The van der Waals surface area contributed by atoms with Gasteiger partial charge < -0.3 is 15.6 Å². The van der Waals surface area contributed by atoms with Gasteiger partial charge in [0.1, 0.15) is 12.1 Å². The molecule has 20 heavy (non-hydrogen) atoms. The number of amides is 1. The fourth-order valence-electron chi connectivity index (χ4n) is 2.40. The molecule has 0 saturated carbocycles. The van der Waals surface area contributed by atoms with Crippen LogP contribution in [-0.4, -0.2) is 40.2 Å². The number of ether oxygens (including phenoxy) is 1. The van der Waals surface area contributed by atoms with Gasteiger partial charge in [-0.25, -0.2) is 9.59 Å². The second kappa shape index (κ2) is 5.50. The lowest BCUT2D eigenvalue weighted by Gasteiger charge is -2.29. The number of rotatable bonds is 3. The predicted octanol–water partition coefficient (Wildman–Crippen LogP) is 1.20. The number of carboxylic acid groups (broad SMARTS) is 1. The normalized spacial score (nSPS) is 25.5. The number of hydrogen-bond donors (Lipinski definition) is 2. The summed E-state index contributed by atoms with van der Waals surface area (Å²) in [5.41, 5.74) is 5.32. The highest BCUT2D eigenvalue weighted by Gasteiger charge is 2.49. The first kappa shape index (κ1) is 14.3. The molecule has 1 unspecified atom stereocenters. The van der Waals surface area contributed by atoms with Gasteiger partial charge in [-0.15, -0.1) is 0 Å². The Bertz CT molecular complexity index is 505. The molecule has 2 rings (SSSR count). The van der Waals surface area contributed by atoms with Crippen LogP contribution in [-0.2, 0) is 16.1 Å². The molecule has 0 radical (unpaired) electrons. The van der Waals surface area contributed by atoms with Crippen LogP contribution >= 0.6 is 0 Å². The Kier molecular flexibility index (Phi) is 3.94. The minimum Gasteiger partial charge on any atom is -0.480 e. The molecule has 0 bridgehead atoms. The molecule has 6 heteroatoms. The van der Waals surface area contributed by atoms with Gasteiger partial charge in [-0.1, -0.05) is 30.3 Å². The van der Waals surface area contributed by atoms with Crippen LogP contribution in [0.2, 0.25) is 0 Å². The second-order valence-corrected chi connectivity index (χ2v) is 5.19. The van der Waals surface area contributed by atoms with E-state index in [1.807, 2.05) is 30.3 Å². The Morgan fingerprint density at radius 3 is 2.70 bits per heavy atom. The molecular weight excluding hydrogens is 260 g/mol. The van der Waals surface area contributed by atoms with E-state index in [0.29, 0.717) is 0 Å². The van der Waals surface area contributed by atoms with Crippen LogP contribution in [0, 0.1) is 0 Å². The summed E-state index contributed by atoms with van der Waals surface area (Å²) >= 11 is 0. The SMILES string of the molecule is CC1(C(=O)O)C[C@H](N)CN1C(=O)OCc1ccccc1. The molecule has 1 fully saturated rings. The van der Waals surface area contributed by atoms with Crippen molar-refractivity contribution in [3.63, 3.8) is 0 Å². The molecule has 1 aliphatic rings. The first-order valence-electron chi connectivity index (χ1n) is 6.41. The summed E-state index contributed by atoms with van der Waals surface area (Å²) in [6.07, 6.45) is -0.422. The number of nitrogens with two attached hydrogens (primary N) is 1. The molecule has 0 aromatic heterocycles. The van der Waals surface area contributed by atoms with Gasteiger partial charge in [0.05, 0.1) is 0 Å². The quantitative estimate of drug-likeness (QED) is 0.866. The molecule has 6 nitrogen and oxygen atoms in total. The Morgan fingerprint density at radius 1 is 1.45 bits per heavy atom. The number of carbonyl (C=O) groups is 2. The van der Waals surface area contributed by atoms with Crippen molar-refractivity contribution >= 4 is 12.1 Å². The average Bonchev–Trinajstić information content (AvgIpc) is 2.74. The largest absolute Gasteiger partial charge is 0.480 e. The lowest BCUT2D eigenvalue weighted by atomic mass is 9.98. The first-order chi connectivity index (χ1) is 9.43. The van der Waals surface area contributed by atoms with Crippen LogP contribution in [0.25, 0.3) is 0 Å². The number of carboxylic acids is 1. The summed E-state index contributed by atoms with van der Waals surface area (Å²) in [5, 5.41) is 9.29. The summed E-state index contributed by atoms with van der Waals surface area (Å²) in [4.78, 5) is 24.6. The average molecular weight is 278 g/mol. The van der Waals surface area contributed by atoms with E-state index >= 15 is 0 Å². The molecule has 2 atom stereocenters. The van der Waals surface area contributed by atoms with Crippen molar-refractivity contribution in [2.75, 3.05) is 6.54 Å². The van der Waals surface area contributed by atoms with E-state index in [1.165, 1.54) is 11.8 Å². The third kappa shape index (κ3) is 2.75. The Morgan fingerprint density at radius 2 is 2.10 bits per heavy atom. The molecule has 0 aliphatic carbocycles. The number of likely N-dealkylation sites (tertiary alicyclic amines) is 1. The zero-order valence-electron chi connectivity index (χ0n) is 11.3. The van der Waals surface area contributed by atoms with Crippen molar-refractivity contribution in [3.8, 4) is 0 Å². The summed E-state index contributed by atoms with van der Waals surface area (Å²) in [6.45, 7) is 1.80. The molecular formula is C14H18N2O4. The molecule has 108 valence electrons. The lowest BCUT2D eigenvalue weighted by Crippen LogP contribution is -2.50. The highest BCUT2D eigenvalue weighted by molar-refractivity contribution is 5.85. The number of hydrogen-bond acceptors (Lipinski definition) is 4. The molecule has 0 spiro atoms. The third-order valence-corrected chi connectivity index (χ3v) is 3.56. The molecule has 3 N–H and O–H groups in total. The van der Waals surface area contributed by atoms with E-state index in [1.54, 1.807) is 0 Å². The number of carbonyl (C=O) groups excluding carboxylic acids is 1. The molecule has 1 aliphatic heterocycles. The van der Waals surface area contributed by atoms with Gasteiger partial charge in [0, 0.05) is 12.6 Å². The van der Waals surface area contributed by atoms with Gasteiger partial charge in [0.15, 0.2) is 0 Å². The Labute approximate surface area is 117 Å². The Balaban J connectivity index is 2.03. The van der Waals surface area contributed by atoms with Crippen LogP contribution in [0.4, 0.5) is 4.79 Å². The summed E-state index contributed by atoms with van der Waals surface area (Å²) in [7, 11) is 0. The predicted molar refractivity (Wildman–Crippen MR) is 72.0 cm³/mol. The topological polar surface area (TPSA) is 92.9 Å². The van der Waals surface area contributed by atoms with E-state index in [4.69, 9.17) is 10.5 Å². The van der Waals surface area contributed by atoms with E-state index in [2.05, 4.69) is 0 Å². The fourth-order valence-corrected chi connectivity index (χ4v) is 2.40. The zero-order chi connectivity index (χ0) is 14.8. The van der Waals surface area contributed by atoms with Crippen LogP contribution in [0.5, 0.6) is 0 Å². The number of nitrogens with zero attached hydrogens (tertiary/aromatic N) is 1. The minimum atomic E-state index is -1.30. The van der Waals surface area contributed by atoms with Crippen molar-refractivity contribution in [1.82, 2.24) is 4.90 Å². The monoisotopic (exact) mass is 278 g/mol. The van der Waals surface area contributed by atoms with Crippen molar-refractivity contribution < 1.29 is 19.4 Å². The Hall–Kier alpha value is -2.08. The van der Waals surface area contributed by atoms with Crippen molar-refractivity contribution in [2.24, 2.45) is 5.73 Å². The summed E-state index contributed by atoms with van der Waals surface area (Å²) in [6, 6.07) is 8.87. The van der Waals surface area contributed by atoms with Crippen LogP contribution in [0.3, 0.4) is 0 Å². The fraction of sp³-hybridized carbons (Fsp3) is 0.429. The minimum absolute atomic E-state index is 0.112. The van der Waals surface area contributed by atoms with Crippen LogP contribution in [0.15, 0.2) is 30.3 Å². The number of aliphatic carboxylic acids is 1. The highest BCUT2D eigenvalue weighted by atomic mass is 16.6. The van der Waals surface area contributed by atoms with E-state index < -0.39 is 17.6 Å². The van der Waals surface area contributed by atoms with Crippen molar-refractivity contribution in [3.05, 3.63) is 35.9 Å². The van der Waals surface area contributed by atoms with E-state index in [0.717, 1.165) is 5.56 Å². The second-order valence-electron chi connectivity index (χ2n) is 5.19. The maximum Gasteiger partial charge on any atom is 0.411 e. The van der Waals surface area contributed by atoms with Crippen LogP contribution in [0.1, 0.15) is 18.9 Å². The zero-order valence-corrected chi connectivity index (χ0v) is 11.3. The van der Waals surface area contributed by atoms with Gasteiger partial charge in [-0.3, -0.25) is 4.90 Å². The summed E-state index contributed by atoms with van der Waals surface area (Å²) < 4.78 is 5.17. The molecule has 1 heterocycles. The summed E-state index contributed by atoms with van der Waals surface area (Å²) in [5.74, 6) is -1.07. The lowest BCUT2D eigenvalue weighted by molar-refractivity contribution is -0.147. The van der Waals surface area contributed by atoms with Crippen LogP contribution < -0.4 is 5.73 Å². The maximum absolute atomic E-state index is 12.1. The number of benzene rings is 1.